The number of nitrogens with two attached hydrogens (primary N) is 1. The number of aryl methyl sites for hydroxylation is 1. The van der Waals surface area contributed by atoms with Gasteiger partial charge in [-0.05, 0) is 38.6 Å². The van der Waals surface area contributed by atoms with E-state index in [4.69, 9.17) is 15.5 Å². The van der Waals surface area contributed by atoms with Crippen molar-refractivity contribution in [3.63, 3.8) is 0 Å². The van der Waals surface area contributed by atoms with Gasteiger partial charge in [-0.15, -0.1) is 5.10 Å². The molecule has 2 unspecified atom stereocenters. The number of aliphatic hydroxyl groups excluding tert-OH is 2. The first-order valence-corrected chi connectivity index (χ1v) is 13.3. The van der Waals surface area contributed by atoms with Crippen LogP contribution in [0.2, 0.25) is 0 Å². The molecule has 1 fully saturated rings. The standard InChI is InChI=1S/C26H41N9O3/c1-5-6-21(7-12-36)38-26-30-23(27)25-29-16-20(35(25)31-26)14-19-13-18(2)24(28-15-19)34-10-8-33(9-11-34)22(37)17-32(3)4/h13,15-16,21-22,36-37H,5-12,14,17H2,1-4H3,(H2,27,30,31). The van der Waals surface area contributed by atoms with Gasteiger partial charge in [0.15, 0.2) is 11.5 Å². The Hall–Kier alpha value is -3.06. The van der Waals surface area contributed by atoms with Crippen LogP contribution in [0.3, 0.4) is 0 Å². The van der Waals surface area contributed by atoms with Crippen molar-refractivity contribution >= 4 is 17.3 Å². The number of nitrogen functional groups attached to an aromatic ring is 1. The topological polar surface area (TPSA) is 141 Å². The van der Waals surface area contributed by atoms with E-state index in [1.54, 1.807) is 10.7 Å². The highest BCUT2D eigenvalue weighted by Gasteiger charge is 2.24. The van der Waals surface area contributed by atoms with Crippen molar-refractivity contribution in [2.45, 2.75) is 51.9 Å². The van der Waals surface area contributed by atoms with Crippen molar-refractivity contribution < 1.29 is 14.9 Å². The van der Waals surface area contributed by atoms with Gasteiger partial charge in [0.1, 0.15) is 18.1 Å². The summed E-state index contributed by atoms with van der Waals surface area (Å²) >= 11 is 0. The van der Waals surface area contributed by atoms with Crippen molar-refractivity contribution in [2.24, 2.45) is 0 Å². The van der Waals surface area contributed by atoms with Crippen LogP contribution in [0.5, 0.6) is 6.01 Å². The first-order chi connectivity index (χ1) is 18.3. The van der Waals surface area contributed by atoms with E-state index in [0.29, 0.717) is 25.0 Å². The molecule has 12 heteroatoms. The second-order valence-corrected chi connectivity index (χ2v) is 10.2. The first kappa shape index (κ1) is 28.0. The van der Waals surface area contributed by atoms with Gasteiger partial charge in [-0.2, -0.15) is 4.98 Å². The van der Waals surface area contributed by atoms with E-state index in [0.717, 1.165) is 61.7 Å². The molecule has 12 nitrogen and oxygen atoms in total. The van der Waals surface area contributed by atoms with E-state index in [-0.39, 0.29) is 24.5 Å². The van der Waals surface area contributed by atoms with Crippen molar-refractivity contribution in [1.29, 1.82) is 0 Å². The number of aromatic nitrogens is 5. The molecule has 0 spiro atoms. The summed E-state index contributed by atoms with van der Waals surface area (Å²) in [4.78, 5) is 19.9. The van der Waals surface area contributed by atoms with Gasteiger partial charge in [0, 0.05) is 58.4 Å². The van der Waals surface area contributed by atoms with Gasteiger partial charge in [-0.25, -0.2) is 14.5 Å². The van der Waals surface area contributed by atoms with E-state index in [1.165, 1.54) is 0 Å². The SMILES string of the molecule is CCCC(CCO)Oc1nc(N)c2ncc(Cc3cnc(N4CCN(C(O)CN(C)C)CC4)c(C)c3)n2n1. The quantitative estimate of drug-likeness (QED) is 0.310. The molecule has 0 amide bonds. The first-order valence-electron chi connectivity index (χ1n) is 13.3. The van der Waals surface area contributed by atoms with Crippen LogP contribution in [0.4, 0.5) is 11.6 Å². The van der Waals surface area contributed by atoms with E-state index in [1.807, 2.05) is 25.2 Å². The second-order valence-electron chi connectivity index (χ2n) is 10.2. The third-order valence-electron chi connectivity index (χ3n) is 6.83. The Bertz CT molecular complexity index is 1190. The molecule has 3 aromatic heterocycles. The number of pyridine rings is 1. The molecule has 38 heavy (non-hydrogen) atoms. The number of imidazole rings is 1. The van der Waals surface area contributed by atoms with Gasteiger partial charge in [0.2, 0.25) is 0 Å². The Morgan fingerprint density at radius 3 is 2.55 bits per heavy atom. The molecular weight excluding hydrogens is 486 g/mol. The summed E-state index contributed by atoms with van der Waals surface area (Å²) in [7, 11) is 3.94. The zero-order valence-corrected chi connectivity index (χ0v) is 22.9. The minimum absolute atomic E-state index is 0.0369. The predicted octanol–water partition coefficient (Wildman–Crippen LogP) is 0.933. The third-order valence-corrected chi connectivity index (χ3v) is 6.83. The zero-order valence-electron chi connectivity index (χ0n) is 22.9. The maximum Gasteiger partial charge on any atom is 0.336 e. The average Bonchev–Trinajstić information content (AvgIpc) is 3.27. The minimum Gasteiger partial charge on any atom is -0.459 e. The number of nitrogens with zero attached hydrogens (tertiary/aromatic N) is 8. The van der Waals surface area contributed by atoms with Crippen molar-refractivity contribution in [3.05, 3.63) is 35.3 Å². The van der Waals surface area contributed by atoms with E-state index in [9.17, 15) is 10.2 Å². The molecule has 208 valence electrons. The third kappa shape index (κ3) is 6.68. The summed E-state index contributed by atoms with van der Waals surface area (Å²) in [6.45, 7) is 8.03. The molecule has 1 aliphatic rings. The number of rotatable bonds is 12. The molecule has 2 atom stereocenters. The molecule has 4 heterocycles. The molecule has 0 bridgehead atoms. The van der Waals surface area contributed by atoms with Crippen LogP contribution in [0.1, 0.15) is 43.0 Å². The highest BCUT2D eigenvalue weighted by Crippen LogP contribution is 2.23. The molecule has 0 aliphatic carbocycles. The monoisotopic (exact) mass is 527 g/mol. The molecule has 0 radical (unpaired) electrons. The zero-order chi connectivity index (χ0) is 27.2. The molecule has 0 aromatic carbocycles. The van der Waals surface area contributed by atoms with Crippen LogP contribution in [-0.2, 0) is 6.42 Å². The molecule has 1 aliphatic heterocycles. The minimum atomic E-state index is -0.454. The molecular formula is C26H41N9O3. The normalized spacial score (nSPS) is 16.3. The molecule has 3 aromatic rings. The lowest BCUT2D eigenvalue weighted by Crippen LogP contribution is -2.53. The number of hydrogen-bond donors (Lipinski definition) is 3. The van der Waals surface area contributed by atoms with E-state index < -0.39 is 6.23 Å². The summed E-state index contributed by atoms with van der Waals surface area (Å²) in [5.41, 5.74) is 9.64. The largest absolute Gasteiger partial charge is 0.459 e. The molecule has 0 saturated carbocycles. The number of piperazine rings is 1. The highest BCUT2D eigenvalue weighted by atomic mass is 16.5. The summed E-state index contributed by atoms with van der Waals surface area (Å²) in [6.07, 6.45) is 5.82. The Kier molecular flexibility index (Phi) is 9.31. The second kappa shape index (κ2) is 12.7. The maximum atomic E-state index is 10.4. The number of ether oxygens (including phenoxy) is 1. The predicted molar refractivity (Wildman–Crippen MR) is 146 cm³/mol. The van der Waals surface area contributed by atoms with Crippen LogP contribution < -0.4 is 15.4 Å². The van der Waals surface area contributed by atoms with Gasteiger partial charge in [-0.3, -0.25) is 4.90 Å². The number of likely N-dealkylation sites (N-methyl/N-ethyl adjacent to an activating group) is 1. The summed E-state index contributed by atoms with van der Waals surface area (Å²) in [5.74, 6) is 1.22. The van der Waals surface area contributed by atoms with E-state index in [2.05, 4.69) is 44.8 Å². The highest BCUT2D eigenvalue weighted by molar-refractivity contribution is 5.60. The van der Waals surface area contributed by atoms with Crippen molar-refractivity contribution in [2.75, 3.05) is 64.1 Å². The van der Waals surface area contributed by atoms with Crippen LogP contribution in [-0.4, -0.2) is 110 Å². The maximum absolute atomic E-state index is 10.4. The fourth-order valence-corrected chi connectivity index (χ4v) is 4.91. The Morgan fingerprint density at radius 1 is 1.13 bits per heavy atom. The average molecular weight is 528 g/mol. The summed E-state index contributed by atoms with van der Waals surface area (Å²) in [6, 6.07) is 2.33. The lowest BCUT2D eigenvalue weighted by Gasteiger charge is -2.38. The lowest BCUT2D eigenvalue weighted by atomic mass is 10.1. The van der Waals surface area contributed by atoms with Crippen molar-refractivity contribution in [3.8, 4) is 6.01 Å². The Balaban J connectivity index is 1.46. The van der Waals surface area contributed by atoms with Crippen LogP contribution in [0, 0.1) is 6.92 Å². The fraction of sp³-hybridized carbons (Fsp3) is 0.615. The number of fused-ring (bicyclic) bond motifs is 1. The number of anilines is 2. The Labute approximate surface area is 224 Å². The summed E-state index contributed by atoms with van der Waals surface area (Å²) in [5, 5.41) is 24.3. The van der Waals surface area contributed by atoms with Gasteiger partial charge in [0.25, 0.3) is 0 Å². The van der Waals surface area contributed by atoms with Gasteiger partial charge in [0.05, 0.1) is 11.9 Å². The van der Waals surface area contributed by atoms with Crippen LogP contribution in [0.25, 0.3) is 5.65 Å². The van der Waals surface area contributed by atoms with Crippen LogP contribution >= 0.6 is 0 Å². The van der Waals surface area contributed by atoms with E-state index >= 15 is 0 Å². The fourth-order valence-electron chi connectivity index (χ4n) is 4.91. The van der Waals surface area contributed by atoms with Gasteiger partial charge >= 0.3 is 6.01 Å². The molecule has 1 saturated heterocycles. The molecule has 4 rings (SSSR count). The number of aliphatic hydroxyl groups is 2. The smallest absolute Gasteiger partial charge is 0.336 e. The van der Waals surface area contributed by atoms with Gasteiger partial charge in [-0.1, -0.05) is 19.4 Å². The van der Waals surface area contributed by atoms with Crippen LogP contribution in [0.15, 0.2) is 18.5 Å². The number of hydrogen-bond acceptors (Lipinski definition) is 11. The van der Waals surface area contributed by atoms with Gasteiger partial charge < -0.3 is 30.5 Å². The molecule has 4 N–H and O–H groups in total. The van der Waals surface area contributed by atoms with Crippen molar-refractivity contribution in [1.82, 2.24) is 34.4 Å². The lowest BCUT2D eigenvalue weighted by molar-refractivity contribution is -0.0154. The summed E-state index contributed by atoms with van der Waals surface area (Å²) < 4.78 is 7.63. The Morgan fingerprint density at radius 2 is 1.89 bits per heavy atom.